The summed E-state index contributed by atoms with van der Waals surface area (Å²) in [6.07, 6.45) is 2.98. The Morgan fingerprint density at radius 1 is 1.25 bits per heavy atom. The molecule has 7 nitrogen and oxygen atoms in total. The van der Waals surface area contributed by atoms with Crippen molar-refractivity contribution in [3.63, 3.8) is 0 Å². The molecule has 2 aromatic heterocycles. The summed E-state index contributed by atoms with van der Waals surface area (Å²) in [6, 6.07) is 8.42. The highest BCUT2D eigenvalue weighted by molar-refractivity contribution is 5.90. The van der Waals surface area contributed by atoms with Crippen LogP contribution in [0.4, 0.5) is 5.82 Å². The Morgan fingerprint density at radius 3 is 2.88 bits per heavy atom. The van der Waals surface area contributed by atoms with Crippen LogP contribution in [0.25, 0.3) is 10.9 Å². The van der Waals surface area contributed by atoms with Gasteiger partial charge in [-0.1, -0.05) is 12.1 Å². The van der Waals surface area contributed by atoms with Crippen LogP contribution >= 0.6 is 0 Å². The van der Waals surface area contributed by atoms with Crippen LogP contribution in [-0.2, 0) is 11.3 Å². The standard InChI is InChI=1S/C17H16N4O3/c1-11-4-2-5-12-15(11)19-10-21(17(12)24)9-7-14(23)20-16-13(22)6-3-8-18-16/h2-6,8,10,22H,7,9H2,1H3,(H,18,20,23). The second kappa shape index (κ2) is 6.49. The highest BCUT2D eigenvalue weighted by Crippen LogP contribution is 2.18. The van der Waals surface area contributed by atoms with Gasteiger partial charge in [-0.3, -0.25) is 14.2 Å². The Bertz CT molecular complexity index is 965. The SMILES string of the molecule is Cc1cccc2c(=O)n(CCC(=O)Nc3ncccc3O)cnc12. The average molecular weight is 324 g/mol. The third kappa shape index (κ3) is 3.10. The van der Waals surface area contributed by atoms with E-state index in [2.05, 4.69) is 15.3 Å². The number of anilines is 1. The number of pyridine rings is 1. The van der Waals surface area contributed by atoms with Gasteiger partial charge in [0.05, 0.1) is 17.2 Å². The minimum absolute atomic E-state index is 0.0644. The molecule has 3 rings (SSSR count). The number of nitrogens with one attached hydrogen (secondary N) is 1. The molecule has 0 radical (unpaired) electrons. The van der Waals surface area contributed by atoms with Crippen molar-refractivity contribution in [2.24, 2.45) is 0 Å². The van der Waals surface area contributed by atoms with Crippen LogP contribution in [0.15, 0.2) is 47.7 Å². The van der Waals surface area contributed by atoms with E-state index in [1.807, 2.05) is 19.1 Å². The van der Waals surface area contributed by atoms with Crippen molar-refractivity contribution < 1.29 is 9.90 Å². The van der Waals surface area contributed by atoms with Gasteiger partial charge in [-0.2, -0.15) is 0 Å². The van der Waals surface area contributed by atoms with E-state index in [1.165, 1.54) is 23.2 Å². The lowest BCUT2D eigenvalue weighted by Crippen LogP contribution is -2.24. The predicted octanol–water partition coefficient (Wildman–Crippen LogP) is 1.83. The number of amides is 1. The summed E-state index contributed by atoms with van der Waals surface area (Å²) < 4.78 is 1.40. The molecular weight excluding hydrogens is 308 g/mol. The lowest BCUT2D eigenvalue weighted by Gasteiger charge is -2.08. The van der Waals surface area contributed by atoms with Crippen LogP contribution < -0.4 is 10.9 Å². The molecule has 0 saturated carbocycles. The van der Waals surface area contributed by atoms with Crippen molar-refractivity contribution in [1.29, 1.82) is 0 Å². The quantitative estimate of drug-likeness (QED) is 0.763. The molecule has 122 valence electrons. The van der Waals surface area contributed by atoms with Crippen molar-refractivity contribution in [1.82, 2.24) is 14.5 Å². The van der Waals surface area contributed by atoms with Gasteiger partial charge in [0, 0.05) is 19.2 Å². The molecule has 0 unspecified atom stereocenters. The molecule has 0 bridgehead atoms. The predicted molar refractivity (Wildman–Crippen MR) is 89.9 cm³/mol. The summed E-state index contributed by atoms with van der Waals surface area (Å²) in [6.45, 7) is 2.08. The van der Waals surface area contributed by atoms with E-state index in [0.29, 0.717) is 10.9 Å². The third-order valence-corrected chi connectivity index (χ3v) is 3.68. The molecule has 0 aliphatic heterocycles. The second-order valence-electron chi connectivity index (χ2n) is 5.38. The molecule has 0 aliphatic rings. The van der Waals surface area contributed by atoms with Gasteiger partial charge in [0.25, 0.3) is 5.56 Å². The molecule has 0 fully saturated rings. The third-order valence-electron chi connectivity index (χ3n) is 3.68. The number of fused-ring (bicyclic) bond motifs is 1. The average Bonchev–Trinajstić information content (AvgIpc) is 2.57. The van der Waals surface area contributed by atoms with Gasteiger partial charge in [-0.15, -0.1) is 0 Å². The van der Waals surface area contributed by atoms with E-state index in [-0.39, 0.29) is 36.0 Å². The number of hydrogen-bond acceptors (Lipinski definition) is 5. The van der Waals surface area contributed by atoms with Crippen LogP contribution in [-0.4, -0.2) is 25.5 Å². The highest BCUT2D eigenvalue weighted by atomic mass is 16.3. The van der Waals surface area contributed by atoms with E-state index in [4.69, 9.17) is 0 Å². The molecule has 1 aromatic carbocycles. The normalized spacial score (nSPS) is 10.7. The summed E-state index contributed by atoms with van der Waals surface area (Å²) in [5.74, 6) is -0.354. The Morgan fingerprint density at radius 2 is 2.08 bits per heavy atom. The maximum absolute atomic E-state index is 12.4. The first-order valence-corrected chi connectivity index (χ1v) is 7.45. The lowest BCUT2D eigenvalue weighted by molar-refractivity contribution is -0.116. The number of carbonyl (C=O) groups excluding carboxylic acids is 1. The Labute approximate surface area is 137 Å². The maximum Gasteiger partial charge on any atom is 0.261 e. The molecule has 24 heavy (non-hydrogen) atoms. The number of aromatic hydroxyl groups is 1. The molecular formula is C17H16N4O3. The van der Waals surface area contributed by atoms with Crippen LogP contribution in [0.1, 0.15) is 12.0 Å². The minimum atomic E-state index is -0.347. The van der Waals surface area contributed by atoms with Crippen molar-refractivity contribution in [2.45, 2.75) is 19.9 Å². The first-order valence-electron chi connectivity index (χ1n) is 7.45. The Hall–Kier alpha value is -3.22. The summed E-state index contributed by atoms with van der Waals surface area (Å²) in [4.78, 5) is 32.6. The number of hydrogen-bond donors (Lipinski definition) is 2. The fourth-order valence-corrected chi connectivity index (χ4v) is 2.41. The van der Waals surface area contributed by atoms with Gasteiger partial charge in [0.1, 0.15) is 0 Å². The Kier molecular flexibility index (Phi) is 4.24. The van der Waals surface area contributed by atoms with Crippen molar-refractivity contribution in [2.75, 3.05) is 5.32 Å². The molecule has 0 spiro atoms. The van der Waals surface area contributed by atoms with Crippen molar-refractivity contribution in [3.8, 4) is 5.75 Å². The molecule has 7 heteroatoms. The molecule has 0 atom stereocenters. The van der Waals surface area contributed by atoms with E-state index >= 15 is 0 Å². The zero-order chi connectivity index (χ0) is 17.1. The first-order chi connectivity index (χ1) is 11.6. The topological polar surface area (TPSA) is 97.1 Å². The summed E-state index contributed by atoms with van der Waals surface area (Å²) >= 11 is 0. The zero-order valence-electron chi connectivity index (χ0n) is 13.1. The van der Waals surface area contributed by atoms with Gasteiger partial charge in [0.2, 0.25) is 5.91 Å². The fourth-order valence-electron chi connectivity index (χ4n) is 2.41. The minimum Gasteiger partial charge on any atom is -0.504 e. The van der Waals surface area contributed by atoms with Crippen molar-refractivity contribution in [3.05, 3.63) is 58.8 Å². The smallest absolute Gasteiger partial charge is 0.261 e. The summed E-state index contributed by atoms with van der Waals surface area (Å²) in [5.41, 5.74) is 1.42. The van der Waals surface area contributed by atoms with Gasteiger partial charge >= 0.3 is 0 Å². The second-order valence-corrected chi connectivity index (χ2v) is 5.38. The highest BCUT2D eigenvalue weighted by Gasteiger charge is 2.10. The molecule has 3 aromatic rings. The van der Waals surface area contributed by atoms with E-state index in [1.54, 1.807) is 12.1 Å². The summed E-state index contributed by atoms with van der Waals surface area (Å²) in [7, 11) is 0. The van der Waals surface area contributed by atoms with Gasteiger partial charge < -0.3 is 10.4 Å². The number of para-hydroxylation sites is 1. The molecule has 2 N–H and O–H groups in total. The van der Waals surface area contributed by atoms with Crippen molar-refractivity contribution >= 4 is 22.6 Å². The van der Waals surface area contributed by atoms with E-state index < -0.39 is 0 Å². The van der Waals surface area contributed by atoms with Gasteiger partial charge in [-0.05, 0) is 30.7 Å². The largest absolute Gasteiger partial charge is 0.504 e. The number of rotatable bonds is 4. The molecule has 0 saturated heterocycles. The molecule has 2 heterocycles. The first kappa shape index (κ1) is 15.7. The number of nitrogens with zero attached hydrogens (tertiary/aromatic N) is 3. The zero-order valence-corrected chi connectivity index (χ0v) is 13.1. The summed E-state index contributed by atoms with van der Waals surface area (Å²) in [5, 5.41) is 12.6. The number of benzene rings is 1. The van der Waals surface area contributed by atoms with Crippen LogP contribution in [0.2, 0.25) is 0 Å². The fraction of sp³-hybridized carbons (Fsp3) is 0.176. The van der Waals surface area contributed by atoms with Gasteiger partial charge in [0.15, 0.2) is 11.6 Å². The molecule has 0 aliphatic carbocycles. The van der Waals surface area contributed by atoms with E-state index in [0.717, 1.165) is 5.56 Å². The maximum atomic E-state index is 12.4. The Balaban J connectivity index is 1.74. The van der Waals surface area contributed by atoms with Gasteiger partial charge in [-0.25, -0.2) is 9.97 Å². The number of aryl methyl sites for hydroxylation is 2. The van der Waals surface area contributed by atoms with Crippen LogP contribution in [0, 0.1) is 6.92 Å². The van der Waals surface area contributed by atoms with E-state index in [9.17, 15) is 14.7 Å². The lowest BCUT2D eigenvalue weighted by atomic mass is 10.1. The van der Waals surface area contributed by atoms with Crippen LogP contribution in [0.3, 0.4) is 0 Å². The number of carbonyl (C=O) groups is 1. The van der Waals surface area contributed by atoms with Crippen LogP contribution in [0.5, 0.6) is 5.75 Å². The monoisotopic (exact) mass is 324 g/mol. The number of aromatic nitrogens is 3. The molecule has 1 amide bonds.